The molecule has 0 saturated heterocycles. The molecule has 0 aromatic heterocycles. The highest BCUT2D eigenvalue weighted by Crippen LogP contribution is 2.34. The molecule has 3 aromatic rings. The van der Waals surface area contributed by atoms with E-state index in [0.717, 1.165) is 5.56 Å². The van der Waals surface area contributed by atoms with E-state index < -0.39 is 0 Å². The van der Waals surface area contributed by atoms with Crippen LogP contribution in [0.5, 0.6) is 17.2 Å². The van der Waals surface area contributed by atoms with Crippen LogP contribution >= 0.6 is 11.6 Å². The summed E-state index contributed by atoms with van der Waals surface area (Å²) in [6, 6.07) is 22.5. The number of para-hydroxylation sites is 1. The van der Waals surface area contributed by atoms with Crippen molar-refractivity contribution in [3.05, 3.63) is 89.5 Å². The van der Waals surface area contributed by atoms with Gasteiger partial charge in [0.05, 0.1) is 5.02 Å². The average molecular weight is 436 g/mol. The first-order chi connectivity index (χ1) is 15.2. The highest BCUT2D eigenvalue weighted by Gasteiger charge is 2.19. The predicted molar refractivity (Wildman–Crippen MR) is 122 cm³/mol. The van der Waals surface area contributed by atoms with E-state index in [4.69, 9.17) is 25.8 Å². The van der Waals surface area contributed by atoms with Crippen molar-refractivity contribution < 1.29 is 19.0 Å². The van der Waals surface area contributed by atoms with E-state index in [9.17, 15) is 4.79 Å². The summed E-state index contributed by atoms with van der Waals surface area (Å²) < 4.78 is 17.0. The summed E-state index contributed by atoms with van der Waals surface area (Å²) in [6.07, 6.45) is 3.92. The topological polar surface area (TPSA) is 48.0 Å². The zero-order valence-corrected chi connectivity index (χ0v) is 17.6. The molecule has 1 heterocycles. The number of hydrogen-bond donors (Lipinski definition) is 0. The lowest BCUT2D eigenvalue weighted by atomic mass is 10.2. The van der Waals surface area contributed by atoms with Crippen molar-refractivity contribution in [1.82, 2.24) is 0 Å². The van der Waals surface area contributed by atoms with Crippen molar-refractivity contribution in [2.75, 3.05) is 31.3 Å². The molecule has 3 aromatic carbocycles. The molecule has 0 bridgehead atoms. The summed E-state index contributed by atoms with van der Waals surface area (Å²) >= 11 is 6.14. The fourth-order valence-corrected chi connectivity index (χ4v) is 3.38. The molecule has 0 saturated carbocycles. The van der Waals surface area contributed by atoms with E-state index in [1.807, 2.05) is 72.8 Å². The Hall–Kier alpha value is -3.44. The first kappa shape index (κ1) is 20.8. The summed E-state index contributed by atoms with van der Waals surface area (Å²) in [5, 5.41) is 0.463. The van der Waals surface area contributed by atoms with E-state index in [1.165, 1.54) is 0 Å². The van der Waals surface area contributed by atoms with Crippen molar-refractivity contribution in [2.45, 2.75) is 0 Å². The Balaban J connectivity index is 1.53. The summed E-state index contributed by atoms with van der Waals surface area (Å²) in [5.74, 6) is 1.57. The van der Waals surface area contributed by atoms with Gasteiger partial charge in [-0.15, -0.1) is 0 Å². The van der Waals surface area contributed by atoms with Crippen LogP contribution in [0.2, 0.25) is 5.02 Å². The van der Waals surface area contributed by atoms with Gasteiger partial charge in [0.15, 0.2) is 18.1 Å². The van der Waals surface area contributed by atoms with Gasteiger partial charge >= 0.3 is 0 Å². The number of fused-ring (bicyclic) bond motifs is 1. The highest BCUT2D eigenvalue weighted by molar-refractivity contribution is 6.32. The first-order valence-corrected chi connectivity index (χ1v) is 10.4. The fraction of sp³-hybridized carbons (Fsp3) is 0.160. The molecule has 0 atom stereocenters. The van der Waals surface area contributed by atoms with Crippen LogP contribution in [0.1, 0.15) is 5.56 Å². The zero-order chi connectivity index (χ0) is 21.5. The van der Waals surface area contributed by atoms with Gasteiger partial charge in [-0.25, -0.2) is 0 Å². The normalized spacial score (nSPS) is 12.5. The Morgan fingerprint density at radius 2 is 1.71 bits per heavy atom. The summed E-state index contributed by atoms with van der Waals surface area (Å²) in [6.45, 7) is 1.23. The van der Waals surface area contributed by atoms with Crippen LogP contribution in [0.4, 0.5) is 5.69 Å². The second-order valence-corrected chi connectivity index (χ2v) is 7.27. The molecule has 1 aliphatic heterocycles. The number of amides is 1. The van der Waals surface area contributed by atoms with Gasteiger partial charge in [0.2, 0.25) is 0 Å². The lowest BCUT2D eigenvalue weighted by Gasteiger charge is -2.24. The van der Waals surface area contributed by atoms with Crippen LogP contribution < -0.4 is 19.1 Å². The Morgan fingerprint density at radius 3 is 2.52 bits per heavy atom. The molecule has 0 N–H and O–H groups in total. The second kappa shape index (κ2) is 10.0. The van der Waals surface area contributed by atoms with Crippen LogP contribution in [-0.4, -0.2) is 32.3 Å². The molecule has 31 heavy (non-hydrogen) atoms. The van der Waals surface area contributed by atoms with Gasteiger partial charge < -0.3 is 19.1 Å². The zero-order valence-electron chi connectivity index (χ0n) is 16.9. The van der Waals surface area contributed by atoms with Crippen LogP contribution in [0, 0.1) is 0 Å². The monoisotopic (exact) mass is 435 g/mol. The fourth-order valence-electron chi connectivity index (χ4n) is 3.19. The molecule has 158 valence electrons. The number of carbonyl (C=O) groups is 1. The van der Waals surface area contributed by atoms with Crippen molar-refractivity contribution in [2.24, 2.45) is 0 Å². The maximum absolute atomic E-state index is 13.1. The van der Waals surface area contributed by atoms with Gasteiger partial charge in [-0.1, -0.05) is 66.2 Å². The average Bonchev–Trinajstić information content (AvgIpc) is 2.81. The minimum absolute atomic E-state index is 0.142. The Kier molecular flexibility index (Phi) is 6.75. The minimum atomic E-state index is -0.200. The highest BCUT2D eigenvalue weighted by atomic mass is 35.5. The Labute approximate surface area is 186 Å². The maximum atomic E-state index is 13.1. The molecule has 0 aliphatic carbocycles. The summed E-state index contributed by atoms with van der Waals surface area (Å²) in [7, 11) is 0. The molecule has 0 spiro atoms. The SMILES string of the molecule is O=C(COc1ccccc1Cl)N(C/C=C/c1ccccc1)c1ccc2c(c1)OCCO2. The Bertz CT molecular complexity index is 1070. The first-order valence-electron chi connectivity index (χ1n) is 9.99. The third-order valence-corrected chi connectivity index (χ3v) is 5.04. The predicted octanol–water partition coefficient (Wildman–Crippen LogP) is 5.24. The summed E-state index contributed by atoms with van der Waals surface area (Å²) in [5.41, 5.74) is 1.76. The lowest BCUT2D eigenvalue weighted by molar-refractivity contribution is -0.120. The maximum Gasteiger partial charge on any atom is 0.265 e. The molecule has 1 amide bonds. The number of anilines is 1. The third-order valence-electron chi connectivity index (χ3n) is 4.72. The van der Waals surface area contributed by atoms with Crippen molar-refractivity contribution >= 4 is 29.3 Å². The molecule has 0 radical (unpaired) electrons. The molecule has 0 unspecified atom stereocenters. The third kappa shape index (κ3) is 5.38. The molecular formula is C25H22ClNO4. The number of ether oxygens (including phenoxy) is 3. The lowest BCUT2D eigenvalue weighted by Crippen LogP contribution is -2.35. The number of benzene rings is 3. The Morgan fingerprint density at radius 1 is 0.968 bits per heavy atom. The molecule has 0 fully saturated rings. The molecular weight excluding hydrogens is 414 g/mol. The van der Waals surface area contributed by atoms with Crippen molar-refractivity contribution in [3.63, 3.8) is 0 Å². The van der Waals surface area contributed by atoms with Crippen molar-refractivity contribution in [3.8, 4) is 17.2 Å². The van der Waals surface area contributed by atoms with Gasteiger partial charge in [-0.3, -0.25) is 4.79 Å². The molecule has 1 aliphatic rings. The smallest absolute Gasteiger partial charge is 0.265 e. The van der Waals surface area contributed by atoms with E-state index in [2.05, 4.69) is 0 Å². The van der Waals surface area contributed by atoms with Crippen LogP contribution in [0.25, 0.3) is 6.08 Å². The molecule has 6 heteroatoms. The van der Waals surface area contributed by atoms with Gasteiger partial charge in [0.1, 0.15) is 19.0 Å². The minimum Gasteiger partial charge on any atom is -0.486 e. The van der Waals surface area contributed by atoms with E-state index in [1.54, 1.807) is 17.0 Å². The standard InChI is InChI=1S/C25H22ClNO4/c26-21-10-4-5-11-22(21)31-18-25(28)27(14-6-9-19-7-2-1-3-8-19)20-12-13-23-24(17-20)30-16-15-29-23/h1-13,17H,14-16,18H2/b9-6+. The van der Waals surface area contributed by atoms with Crippen LogP contribution in [0.3, 0.4) is 0 Å². The van der Waals surface area contributed by atoms with Gasteiger partial charge in [-0.2, -0.15) is 0 Å². The number of rotatable bonds is 7. The second-order valence-electron chi connectivity index (χ2n) is 6.86. The largest absolute Gasteiger partial charge is 0.486 e. The van der Waals surface area contributed by atoms with E-state index in [-0.39, 0.29) is 12.5 Å². The van der Waals surface area contributed by atoms with E-state index >= 15 is 0 Å². The van der Waals surface area contributed by atoms with Gasteiger partial charge in [-0.05, 0) is 29.8 Å². The van der Waals surface area contributed by atoms with Crippen LogP contribution in [0.15, 0.2) is 78.9 Å². The number of hydrogen-bond acceptors (Lipinski definition) is 4. The molecule has 5 nitrogen and oxygen atoms in total. The van der Waals surface area contributed by atoms with Crippen molar-refractivity contribution in [1.29, 1.82) is 0 Å². The number of carbonyl (C=O) groups excluding carboxylic acids is 1. The van der Waals surface area contributed by atoms with Gasteiger partial charge in [0, 0.05) is 18.3 Å². The number of nitrogens with zero attached hydrogens (tertiary/aromatic N) is 1. The van der Waals surface area contributed by atoms with Crippen LogP contribution in [-0.2, 0) is 4.79 Å². The summed E-state index contributed by atoms with van der Waals surface area (Å²) in [4.78, 5) is 14.7. The quantitative estimate of drug-likeness (QED) is 0.509. The molecule has 4 rings (SSSR count). The van der Waals surface area contributed by atoms with E-state index in [0.29, 0.717) is 47.7 Å². The number of halogens is 1. The van der Waals surface area contributed by atoms with Gasteiger partial charge in [0.25, 0.3) is 5.91 Å².